The fourth-order valence-corrected chi connectivity index (χ4v) is 3.60. The number of amides is 1. The topological polar surface area (TPSA) is 81.6 Å². The third kappa shape index (κ3) is 3.65. The van der Waals surface area contributed by atoms with Crippen LogP contribution < -0.4 is 4.74 Å². The lowest BCUT2D eigenvalue weighted by Crippen LogP contribution is -2.34. The molecule has 0 saturated carbocycles. The van der Waals surface area contributed by atoms with Gasteiger partial charge in [0.25, 0.3) is 5.91 Å². The highest BCUT2D eigenvalue weighted by Crippen LogP contribution is 2.34. The Balaban J connectivity index is 1.61. The van der Waals surface area contributed by atoms with Crippen LogP contribution in [0.4, 0.5) is 0 Å². The van der Waals surface area contributed by atoms with Crippen molar-refractivity contribution in [2.24, 2.45) is 0 Å². The van der Waals surface area contributed by atoms with E-state index in [4.69, 9.17) is 13.8 Å². The van der Waals surface area contributed by atoms with Crippen molar-refractivity contribution in [2.75, 3.05) is 13.7 Å². The number of methoxy groups -OCH3 is 1. The van der Waals surface area contributed by atoms with Crippen molar-refractivity contribution >= 4 is 5.91 Å². The van der Waals surface area contributed by atoms with Crippen LogP contribution in [0.25, 0.3) is 11.3 Å². The van der Waals surface area contributed by atoms with Gasteiger partial charge in [-0.2, -0.15) is 0 Å². The van der Waals surface area contributed by atoms with Gasteiger partial charge in [0.1, 0.15) is 11.4 Å². The second-order valence-corrected chi connectivity index (χ2v) is 7.04. The van der Waals surface area contributed by atoms with E-state index in [1.807, 2.05) is 35.2 Å². The van der Waals surface area contributed by atoms with Crippen LogP contribution in [0.15, 0.2) is 45.4 Å². The van der Waals surface area contributed by atoms with E-state index in [1.54, 1.807) is 20.1 Å². The Hall–Kier alpha value is -3.09. The normalized spacial score (nSPS) is 17.4. The first kappa shape index (κ1) is 18.3. The Bertz CT molecular complexity index is 945. The molecule has 1 aliphatic heterocycles. The number of carbonyl (C=O) groups is 1. The lowest BCUT2D eigenvalue weighted by Gasteiger charge is -2.27. The average Bonchev–Trinajstić information content (AvgIpc) is 3.31. The first-order valence-corrected chi connectivity index (χ1v) is 9.51. The average molecular weight is 381 g/mol. The van der Waals surface area contributed by atoms with Gasteiger partial charge in [-0.25, -0.2) is 0 Å². The third-order valence-corrected chi connectivity index (χ3v) is 5.10. The molecule has 1 unspecified atom stereocenters. The van der Waals surface area contributed by atoms with Gasteiger partial charge >= 0.3 is 0 Å². The molecule has 7 nitrogen and oxygen atoms in total. The summed E-state index contributed by atoms with van der Waals surface area (Å²) in [6, 6.07) is 11.1. The molecule has 1 fully saturated rings. The number of likely N-dealkylation sites (tertiary alicyclic amines) is 1. The van der Waals surface area contributed by atoms with Gasteiger partial charge in [0.2, 0.25) is 5.76 Å². The van der Waals surface area contributed by atoms with Crippen LogP contribution in [0.3, 0.4) is 0 Å². The van der Waals surface area contributed by atoms with E-state index in [1.165, 1.54) is 0 Å². The summed E-state index contributed by atoms with van der Waals surface area (Å²) in [6.45, 7) is 2.46. The van der Waals surface area contributed by atoms with Gasteiger partial charge < -0.3 is 18.7 Å². The molecule has 0 spiro atoms. The standard InChI is InChI=1S/C21H23N3O4/c1-14-12-20(28-22-14)21(25)24-11-5-3-4-6-18(24)19-13-17(23-27-19)15-7-9-16(26-2)10-8-15/h7-10,12-13,18H,3-6,11H2,1-2H3. The molecule has 1 aliphatic rings. The maximum atomic E-state index is 13.0. The fourth-order valence-electron chi connectivity index (χ4n) is 3.60. The number of aryl methyl sites for hydroxylation is 1. The molecule has 146 valence electrons. The van der Waals surface area contributed by atoms with Crippen molar-refractivity contribution in [3.05, 3.63) is 53.6 Å². The van der Waals surface area contributed by atoms with E-state index in [0.717, 1.165) is 42.7 Å². The van der Waals surface area contributed by atoms with Crippen LogP contribution >= 0.6 is 0 Å². The third-order valence-electron chi connectivity index (χ3n) is 5.10. The number of benzene rings is 1. The zero-order valence-corrected chi connectivity index (χ0v) is 16.1. The van der Waals surface area contributed by atoms with Crippen LogP contribution in [0.5, 0.6) is 5.75 Å². The smallest absolute Gasteiger partial charge is 0.293 e. The number of hydrogen-bond acceptors (Lipinski definition) is 6. The SMILES string of the molecule is COc1ccc(-c2cc(C3CCCCCN3C(=O)c3cc(C)no3)on2)cc1. The molecule has 28 heavy (non-hydrogen) atoms. The Labute approximate surface area is 163 Å². The lowest BCUT2D eigenvalue weighted by atomic mass is 10.1. The molecule has 0 radical (unpaired) electrons. The zero-order valence-electron chi connectivity index (χ0n) is 16.1. The van der Waals surface area contributed by atoms with Gasteiger partial charge in [-0.3, -0.25) is 4.79 Å². The van der Waals surface area contributed by atoms with Crippen LogP contribution in [-0.4, -0.2) is 34.8 Å². The van der Waals surface area contributed by atoms with Crippen LogP contribution in [0, 0.1) is 6.92 Å². The number of nitrogens with zero attached hydrogens (tertiary/aromatic N) is 3. The number of aromatic nitrogens is 2. The fraction of sp³-hybridized carbons (Fsp3) is 0.381. The highest BCUT2D eigenvalue weighted by atomic mass is 16.5. The molecule has 0 bridgehead atoms. The zero-order chi connectivity index (χ0) is 19.5. The van der Waals surface area contributed by atoms with Crippen molar-refractivity contribution < 1.29 is 18.6 Å². The van der Waals surface area contributed by atoms with E-state index >= 15 is 0 Å². The highest BCUT2D eigenvalue weighted by Gasteiger charge is 2.32. The molecule has 3 aromatic rings. The predicted molar refractivity (Wildman–Crippen MR) is 102 cm³/mol. The van der Waals surface area contributed by atoms with Gasteiger partial charge in [-0.05, 0) is 44.0 Å². The molecule has 7 heteroatoms. The Morgan fingerprint density at radius 2 is 1.93 bits per heavy atom. The van der Waals surface area contributed by atoms with Crippen LogP contribution in [0.1, 0.15) is 53.7 Å². The molecule has 4 rings (SSSR count). The summed E-state index contributed by atoms with van der Waals surface area (Å²) in [7, 11) is 1.64. The molecule has 1 aromatic carbocycles. The van der Waals surface area contributed by atoms with Crippen molar-refractivity contribution in [3.8, 4) is 17.0 Å². The van der Waals surface area contributed by atoms with Gasteiger partial charge in [-0.1, -0.05) is 23.2 Å². The molecule has 2 aromatic heterocycles. The molecule has 1 atom stereocenters. The summed E-state index contributed by atoms with van der Waals surface area (Å²) in [4.78, 5) is 14.8. The van der Waals surface area contributed by atoms with E-state index in [-0.39, 0.29) is 17.7 Å². The summed E-state index contributed by atoms with van der Waals surface area (Å²) in [6.07, 6.45) is 3.89. The highest BCUT2D eigenvalue weighted by molar-refractivity contribution is 5.91. The maximum absolute atomic E-state index is 13.0. The van der Waals surface area contributed by atoms with Crippen molar-refractivity contribution in [3.63, 3.8) is 0 Å². The van der Waals surface area contributed by atoms with Gasteiger partial charge in [-0.15, -0.1) is 0 Å². The first-order valence-electron chi connectivity index (χ1n) is 9.51. The number of hydrogen-bond donors (Lipinski definition) is 0. The first-order chi connectivity index (χ1) is 13.7. The summed E-state index contributed by atoms with van der Waals surface area (Å²) >= 11 is 0. The predicted octanol–water partition coefficient (Wildman–Crippen LogP) is 4.40. The number of rotatable bonds is 4. The van der Waals surface area contributed by atoms with E-state index < -0.39 is 0 Å². The molecule has 1 saturated heterocycles. The number of carbonyl (C=O) groups excluding carboxylic acids is 1. The summed E-state index contributed by atoms with van der Waals surface area (Å²) in [5.41, 5.74) is 2.37. The summed E-state index contributed by atoms with van der Waals surface area (Å²) < 4.78 is 16.1. The van der Waals surface area contributed by atoms with Gasteiger partial charge in [0.05, 0.1) is 18.8 Å². The Kier molecular flexibility index (Phi) is 5.14. The maximum Gasteiger partial charge on any atom is 0.293 e. The minimum Gasteiger partial charge on any atom is -0.497 e. The van der Waals surface area contributed by atoms with Gasteiger partial charge in [0, 0.05) is 24.2 Å². The van der Waals surface area contributed by atoms with Crippen LogP contribution in [0.2, 0.25) is 0 Å². The van der Waals surface area contributed by atoms with Crippen molar-refractivity contribution in [1.29, 1.82) is 0 Å². The molecule has 0 aliphatic carbocycles. The van der Waals surface area contributed by atoms with Crippen LogP contribution in [-0.2, 0) is 0 Å². The largest absolute Gasteiger partial charge is 0.497 e. The van der Waals surface area contributed by atoms with Crippen molar-refractivity contribution in [1.82, 2.24) is 15.2 Å². The van der Waals surface area contributed by atoms with E-state index in [9.17, 15) is 4.79 Å². The monoisotopic (exact) mass is 381 g/mol. The summed E-state index contributed by atoms with van der Waals surface area (Å²) in [5.74, 6) is 1.59. The lowest BCUT2D eigenvalue weighted by molar-refractivity contribution is 0.0609. The molecular weight excluding hydrogens is 358 g/mol. The quantitative estimate of drug-likeness (QED) is 0.666. The Morgan fingerprint density at radius 1 is 1.11 bits per heavy atom. The van der Waals surface area contributed by atoms with E-state index in [2.05, 4.69) is 10.3 Å². The number of ether oxygens (including phenoxy) is 1. The van der Waals surface area contributed by atoms with E-state index in [0.29, 0.717) is 18.0 Å². The van der Waals surface area contributed by atoms with Gasteiger partial charge in [0.15, 0.2) is 5.76 Å². The molecular formula is C21H23N3O4. The Morgan fingerprint density at radius 3 is 2.64 bits per heavy atom. The minimum atomic E-state index is -0.167. The minimum absolute atomic E-state index is 0.158. The second-order valence-electron chi connectivity index (χ2n) is 7.04. The summed E-state index contributed by atoms with van der Waals surface area (Å²) in [5, 5.41) is 8.07. The second kappa shape index (κ2) is 7.88. The van der Waals surface area contributed by atoms with Crippen molar-refractivity contribution in [2.45, 2.75) is 38.6 Å². The molecule has 0 N–H and O–H groups in total. The molecule has 1 amide bonds. The molecule has 3 heterocycles.